The first-order chi connectivity index (χ1) is 25.8. The van der Waals surface area contributed by atoms with Crippen LogP contribution in [0.4, 0.5) is 0 Å². The highest BCUT2D eigenvalue weighted by atomic mass is 16.6. The lowest BCUT2D eigenvalue weighted by molar-refractivity contribution is -0.167. The number of carbonyl (C=O) groups is 3. The maximum atomic E-state index is 12.7. The number of ether oxygens (including phenoxy) is 3. The smallest absolute Gasteiger partial charge is 0.306 e. The summed E-state index contributed by atoms with van der Waals surface area (Å²) in [4.78, 5) is 37.7. The Balaban J connectivity index is 4.33. The van der Waals surface area contributed by atoms with Crippen LogP contribution in [0.3, 0.4) is 0 Å². The Labute approximate surface area is 329 Å². The van der Waals surface area contributed by atoms with Crippen LogP contribution in [-0.2, 0) is 28.6 Å². The van der Waals surface area contributed by atoms with E-state index >= 15 is 0 Å². The van der Waals surface area contributed by atoms with E-state index in [1.807, 2.05) is 0 Å². The van der Waals surface area contributed by atoms with Gasteiger partial charge < -0.3 is 14.2 Å². The van der Waals surface area contributed by atoms with E-state index in [0.717, 1.165) is 69.6 Å². The standard InChI is InChI=1S/C47H90O6/c1-6-8-9-10-11-12-13-14-18-21-27-32-37-45(48)51-40-44(41-52-46(49)38-33-28-24-23-25-30-35-42(3)4)53-47(50)39-34-29-22-19-16-15-17-20-26-31-36-43(5)7-2/h42-44H,6-41H2,1-5H3/t43?,44-/m0/s1. The average Bonchev–Trinajstić information content (AvgIpc) is 3.14. The molecule has 0 aromatic heterocycles. The Morgan fingerprint density at radius 2 is 0.717 bits per heavy atom. The first-order valence-electron chi connectivity index (χ1n) is 23.3. The molecule has 0 bridgehead atoms. The third kappa shape index (κ3) is 39.9. The summed E-state index contributed by atoms with van der Waals surface area (Å²) < 4.78 is 16.7. The monoisotopic (exact) mass is 751 g/mol. The summed E-state index contributed by atoms with van der Waals surface area (Å²) in [6.07, 6.45) is 38.0. The van der Waals surface area contributed by atoms with Crippen molar-refractivity contribution in [2.75, 3.05) is 13.2 Å². The molecule has 0 aliphatic rings. The van der Waals surface area contributed by atoms with Crippen LogP contribution in [0.5, 0.6) is 0 Å². The Morgan fingerprint density at radius 1 is 0.396 bits per heavy atom. The van der Waals surface area contributed by atoms with Gasteiger partial charge in [0.25, 0.3) is 0 Å². The maximum absolute atomic E-state index is 12.7. The Morgan fingerprint density at radius 3 is 1.08 bits per heavy atom. The summed E-state index contributed by atoms with van der Waals surface area (Å²) in [6, 6.07) is 0. The number of hydrogen-bond donors (Lipinski definition) is 0. The minimum absolute atomic E-state index is 0.0654. The van der Waals surface area contributed by atoms with Gasteiger partial charge in [0.2, 0.25) is 0 Å². The summed E-state index contributed by atoms with van der Waals surface area (Å²) in [7, 11) is 0. The normalized spacial score (nSPS) is 12.6. The predicted octanol–water partition coefficient (Wildman–Crippen LogP) is 14.6. The molecule has 6 heteroatoms. The van der Waals surface area contributed by atoms with Crippen LogP contribution >= 0.6 is 0 Å². The van der Waals surface area contributed by atoms with E-state index in [-0.39, 0.29) is 31.1 Å². The van der Waals surface area contributed by atoms with Gasteiger partial charge in [-0.3, -0.25) is 14.4 Å². The number of carbonyl (C=O) groups excluding carboxylic acids is 3. The van der Waals surface area contributed by atoms with E-state index in [2.05, 4.69) is 34.6 Å². The fourth-order valence-electron chi connectivity index (χ4n) is 6.90. The van der Waals surface area contributed by atoms with Crippen LogP contribution in [0.25, 0.3) is 0 Å². The van der Waals surface area contributed by atoms with Gasteiger partial charge in [-0.1, -0.05) is 214 Å². The summed E-state index contributed by atoms with van der Waals surface area (Å²) in [5, 5.41) is 0. The molecule has 0 N–H and O–H groups in total. The molecular weight excluding hydrogens is 661 g/mol. The molecule has 314 valence electrons. The minimum atomic E-state index is -0.761. The maximum Gasteiger partial charge on any atom is 0.306 e. The van der Waals surface area contributed by atoms with Crippen molar-refractivity contribution < 1.29 is 28.6 Å². The summed E-state index contributed by atoms with van der Waals surface area (Å²) in [6.45, 7) is 11.3. The third-order valence-electron chi connectivity index (χ3n) is 10.8. The molecule has 0 fully saturated rings. The third-order valence-corrected chi connectivity index (χ3v) is 10.8. The summed E-state index contributed by atoms with van der Waals surface area (Å²) in [5.41, 5.74) is 0. The van der Waals surface area contributed by atoms with Crippen molar-refractivity contribution in [2.45, 2.75) is 259 Å². The van der Waals surface area contributed by atoms with Crippen molar-refractivity contribution in [1.29, 1.82) is 0 Å². The molecule has 1 unspecified atom stereocenters. The average molecular weight is 751 g/mol. The molecule has 0 rings (SSSR count). The van der Waals surface area contributed by atoms with E-state index in [4.69, 9.17) is 14.2 Å². The highest BCUT2D eigenvalue weighted by molar-refractivity contribution is 5.71. The van der Waals surface area contributed by atoms with Gasteiger partial charge in [0.05, 0.1) is 0 Å². The van der Waals surface area contributed by atoms with E-state index in [1.54, 1.807) is 0 Å². The zero-order valence-electron chi connectivity index (χ0n) is 36.1. The number of unbranched alkanes of at least 4 members (excludes halogenated alkanes) is 25. The van der Waals surface area contributed by atoms with E-state index in [0.29, 0.717) is 19.3 Å². The van der Waals surface area contributed by atoms with Gasteiger partial charge >= 0.3 is 17.9 Å². The molecule has 0 aromatic carbocycles. The summed E-state index contributed by atoms with van der Waals surface area (Å²) in [5.74, 6) is 0.770. The summed E-state index contributed by atoms with van der Waals surface area (Å²) >= 11 is 0. The fraction of sp³-hybridized carbons (Fsp3) is 0.936. The van der Waals surface area contributed by atoms with Crippen molar-refractivity contribution >= 4 is 17.9 Å². The van der Waals surface area contributed by atoms with Gasteiger partial charge in [0.1, 0.15) is 13.2 Å². The van der Waals surface area contributed by atoms with Gasteiger partial charge in [0.15, 0.2) is 6.10 Å². The largest absolute Gasteiger partial charge is 0.462 e. The van der Waals surface area contributed by atoms with E-state index in [1.165, 1.54) is 141 Å². The lowest BCUT2D eigenvalue weighted by Crippen LogP contribution is -2.30. The second-order valence-corrected chi connectivity index (χ2v) is 16.8. The highest BCUT2D eigenvalue weighted by Gasteiger charge is 2.19. The SMILES string of the molecule is CCCCCCCCCCCCCCC(=O)OC[C@@H](COC(=O)CCCCCCCCC(C)C)OC(=O)CCCCCCCCCCCCC(C)CC. The second-order valence-electron chi connectivity index (χ2n) is 16.8. The Hall–Kier alpha value is -1.59. The molecule has 2 atom stereocenters. The Bertz CT molecular complexity index is 811. The minimum Gasteiger partial charge on any atom is -0.462 e. The molecule has 0 amide bonds. The number of rotatable bonds is 41. The molecule has 53 heavy (non-hydrogen) atoms. The molecule has 0 saturated carbocycles. The molecule has 0 heterocycles. The van der Waals surface area contributed by atoms with Gasteiger partial charge in [-0.2, -0.15) is 0 Å². The van der Waals surface area contributed by atoms with Crippen molar-refractivity contribution in [3.05, 3.63) is 0 Å². The molecule has 0 aromatic rings. The van der Waals surface area contributed by atoms with E-state index in [9.17, 15) is 14.4 Å². The lowest BCUT2D eigenvalue weighted by atomic mass is 9.99. The lowest BCUT2D eigenvalue weighted by Gasteiger charge is -2.18. The Kier molecular flexibility index (Phi) is 38.9. The topological polar surface area (TPSA) is 78.9 Å². The first-order valence-corrected chi connectivity index (χ1v) is 23.3. The second kappa shape index (κ2) is 40.1. The molecule has 0 saturated heterocycles. The van der Waals surface area contributed by atoms with Crippen molar-refractivity contribution in [3.63, 3.8) is 0 Å². The predicted molar refractivity (Wildman–Crippen MR) is 224 cm³/mol. The molecule has 6 nitrogen and oxygen atoms in total. The number of hydrogen-bond acceptors (Lipinski definition) is 6. The van der Waals surface area contributed by atoms with Gasteiger partial charge in [-0.25, -0.2) is 0 Å². The quantitative estimate of drug-likeness (QED) is 0.0352. The van der Waals surface area contributed by atoms with Crippen LogP contribution in [0, 0.1) is 11.8 Å². The van der Waals surface area contributed by atoms with Crippen LogP contribution in [0.15, 0.2) is 0 Å². The molecule has 0 aliphatic carbocycles. The number of esters is 3. The van der Waals surface area contributed by atoms with Crippen molar-refractivity contribution in [3.8, 4) is 0 Å². The first kappa shape index (κ1) is 51.4. The van der Waals surface area contributed by atoms with Crippen LogP contribution < -0.4 is 0 Å². The zero-order chi connectivity index (χ0) is 39.0. The van der Waals surface area contributed by atoms with E-state index < -0.39 is 6.10 Å². The van der Waals surface area contributed by atoms with Gasteiger partial charge in [-0.15, -0.1) is 0 Å². The molecule has 0 aliphatic heterocycles. The highest BCUT2D eigenvalue weighted by Crippen LogP contribution is 2.17. The molecule has 0 spiro atoms. The van der Waals surface area contributed by atoms with Crippen molar-refractivity contribution in [1.82, 2.24) is 0 Å². The zero-order valence-corrected chi connectivity index (χ0v) is 36.1. The molecule has 0 radical (unpaired) electrons. The van der Waals surface area contributed by atoms with Crippen LogP contribution in [0.2, 0.25) is 0 Å². The van der Waals surface area contributed by atoms with Crippen LogP contribution in [0.1, 0.15) is 253 Å². The molecular formula is C47H90O6. The van der Waals surface area contributed by atoms with Gasteiger partial charge in [0, 0.05) is 19.3 Å². The van der Waals surface area contributed by atoms with Crippen LogP contribution in [-0.4, -0.2) is 37.2 Å². The van der Waals surface area contributed by atoms with Crippen molar-refractivity contribution in [2.24, 2.45) is 11.8 Å². The fourth-order valence-corrected chi connectivity index (χ4v) is 6.90. The van der Waals surface area contributed by atoms with Gasteiger partial charge in [-0.05, 0) is 31.1 Å².